The smallest absolute Gasteiger partial charge is 0.255 e. The maximum atomic E-state index is 12.6. The number of fused-ring (bicyclic) bond motifs is 1. The Morgan fingerprint density at radius 3 is 2.50 bits per heavy atom. The number of imide groups is 1. The second-order valence-electron chi connectivity index (χ2n) is 7.68. The average molecular weight is 376 g/mol. The molecule has 1 saturated heterocycles. The summed E-state index contributed by atoms with van der Waals surface area (Å²) in [6.45, 7) is 1.96. The number of benzene rings is 2. The van der Waals surface area contributed by atoms with E-state index in [0.29, 0.717) is 30.5 Å². The maximum Gasteiger partial charge on any atom is 0.255 e. The number of hydrogen-bond donors (Lipinski definition) is 2. The normalized spacial score (nSPS) is 21.2. The van der Waals surface area contributed by atoms with Crippen LogP contribution in [0.3, 0.4) is 0 Å². The standard InChI is InChI=1S/C23H24N2O3/c1-2-23(13-12-20(26)25-22(23)28)18-8-10-19(11-9-18)24-21(27)17-7-6-15-4-3-5-16(15)14-17/h6-11,14H,2-5,12-13H2,1H3,(H,24,27)(H,25,26,28). The molecule has 144 valence electrons. The Bertz CT molecular complexity index is 949. The molecule has 0 bridgehead atoms. The van der Waals surface area contributed by atoms with Crippen molar-refractivity contribution in [1.29, 1.82) is 0 Å². The quantitative estimate of drug-likeness (QED) is 0.802. The molecule has 2 aliphatic rings. The van der Waals surface area contributed by atoms with Gasteiger partial charge < -0.3 is 5.32 Å². The van der Waals surface area contributed by atoms with Crippen LogP contribution in [0, 0.1) is 0 Å². The zero-order valence-corrected chi connectivity index (χ0v) is 16.0. The molecule has 1 heterocycles. The molecular weight excluding hydrogens is 352 g/mol. The molecule has 1 aliphatic carbocycles. The average Bonchev–Trinajstić information content (AvgIpc) is 3.17. The van der Waals surface area contributed by atoms with Gasteiger partial charge in [-0.05, 0) is 73.1 Å². The lowest BCUT2D eigenvalue weighted by molar-refractivity contribution is -0.138. The van der Waals surface area contributed by atoms with E-state index in [1.807, 2.05) is 49.4 Å². The van der Waals surface area contributed by atoms with E-state index < -0.39 is 5.41 Å². The third kappa shape index (κ3) is 3.21. The molecule has 2 aromatic carbocycles. The van der Waals surface area contributed by atoms with E-state index in [1.165, 1.54) is 11.1 Å². The largest absolute Gasteiger partial charge is 0.322 e. The van der Waals surface area contributed by atoms with E-state index in [0.717, 1.165) is 24.8 Å². The van der Waals surface area contributed by atoms with Gasteiger partial charge in [-0.25, -0.2) is 0 Å². The van der Waals surface area contributed by atoms with Gasteiger partial charge >= 0.3 is 0 Å². The fourth-order valence-electron chi connectivity index (χ4n) is 4.36. The molecule has 3 amide bonds. The molecule has 0 spiro atoms. The molecule has 1 atom stereocenters. The van der Waals surface area contributed by atoms with Gasteiger partial charge in [0.15, 0.2) is 0 Å². The Labute approximate surface area is 164 Å². The molecule has 5 heteroatoms. The van der Waals surface area contributed by atoms with Crippen LogP contribution in [-0.2, 0) is 27.8 Å². The molecule has 1 fully saturated rings. The first-order valence-electron chi connectivity index (χ1n) is 9.90. The number of amides is 3. The van der Waals surface area contributed by atoms with Crippen molar-refractivity contribution in [2.24, 2.45) is 0 Å². The zero-order chi connectivity index (χ0) is 19.7. The van der Waals surface area contributed by atoms with Crippen LogP contribution in [0.2, 0.25) is 0 Å². The highest BCUT2D eigenvalue weighted by atomic mass is 16.2. The van der Waals surface area contributed by atoms with Gasteiger partial charge in [-0.1, -0.05) is 25.1 Å². The SMILES string of the molecule is CCC1(c2ccc(NC(=O)c3ccc4c(c3)CCC4)cc2)CCC(=O)NC1=O. The van der Waals surface area contributed by atoms with Crippen molar-refractivity contribution in [1.82, 2.24) is 5.32 Å². The first-order chi connectivity index (χ1) is 13.5. The van der Waals surface area contributed by atoms with E-state index >= 15 is 0 Å². The van der Waals surface area contributed by atoms with E-state index in [2.05, 4.69) is 10.6 Å². The first kappa shape index (κ1) is 18.4. The second kappa shape index (κ2) is 7.23. The van der Waals surface area contributed by atoms with Gasteiger partial charge in [-0.2, -0.15) is 0 Å². The van der Waals surface area contributed by atoms with E-state index in [-0.39, 0.29) is 17.7 Å². The highest BCUT2D eigenvalue weighted by Gasteiger charge is 2.42. The number of hydrogen-bond acceptors (Lipinski definition) is 3. The zero-order valence-electron chi connectivity index (χ0n) is 16.0. The van der Waals surface area contributed by atoms with Crippen LogP contribution < -0.4 is 10.6 Å². The fraction of sp³-hybridized carbons (Fsp3) is 0.348. The van der Waals surface area contributed by atoms with E-state index in [9.17, 15) is 14.4 Å². The van der Waals surface area contributed by atoms with Crippen LogP contribution in [0.4, 0.5) is 5.69 Å². The molecule has 4 rings (SSSR count). The summed E-state index contributed by atoms with van der Waals surface area (Å²) in [5.41, 5.74) is 4.15. The van der Waals surface area contributed by atoms with Crippen LogP contribution in [-0.4, -0.2) is 17.7 Å². The van der Waals surface area contributed by atoms with Crippen molar-refractivity contribution in [2.45, 2.75) is 50.9 Å². The lowest BCUT2D eigenvalue weighted by Crippen LogP contribution is -2.51. The minimum absolute atomic E-state index is 0.131. The van der Waals surface area contributed by atoms with Crippen molar-refractivity contribution in [3.05, 3.63) is 64.7 Å². The Hall–Kier alpha value is -2.95. The Morgan fingerprint density at radius 1 is 1.04 bits per heavy atom. The number of anilines is 1. The van der Waals surface area contributed by atoms with Crippen LogP contribution in [0.1, 0.15) is 59.7 Å². The van der Waals surface area contributed by atoms with Crippen molar-refractivity contribution < 1.29 is 14.4 Å². The van der Waals surface area contributed by atoms with E-state index in [4.69, 9.17) is 0 Å². The highest BCUT2D eigenvalue weighted by molar-refractivity contribution is 6.05. The Balaban J connectivity index is 1.51. The number of nitrogens with one attached hydrogen (secondary N) is 2. The number of rotatable bonds is 4. The second-order valence-corrected chi connectivity index (χ2v) is 7.68. The van der Waals surface area contributed by atoms with Gasteiger partial charge in [0.25, 0.3) is 5.91 Å². The summed E-state index contributed by atoms with van der Waals surface area (Å²) in [6, 6.07) is 13.3. The number of carbonyl (C=O) groups is 3. The summed E-state index contributed by atoms with van der Waals surface area (Å²) >= 11 is 0. The molecule has 5 nitrogen and oxygen atoms in total. The predicted octanol–water partition coefficient (Wildman–Crippen LogP) is 3.51. The molecule has 2 aromatic rings. The highest BCUT2D eigenvalue weighted by Crippen LogP contribution is 2.36. The summed E-state index contributed by atoms with van der Waals surface area (Å²) in [6.07, 6.45) is 4.75. The molecule has 2 N–H and O–H groups in total. The van der Waals surface area contributed by atoms with Crippen LogP contribution in [0.15, 0.2) is 42.5 Å². The van der Waals surface area contributed by atoms with Gasteiger partial charge in [0, 0.05) is 17.7 Å². The molecule has 0 radical (unpaired) electrons. The first-order valence-corrected chi connectivity index (χ1v) is 9.90. The molecule has 28 heavy (non-hydrogen) atoms. The van der Waals surface area contributed by atoms with Crippen LogP contribution >= 0.6 is 0 Å². The summed E-state index contributed by atoms with van der Waals surface area (Å²) in [7, 11) is 0. The topological polar surface area (TPSA) is 75.3 Å². The van der Waals surface area contributed by atoms with Gasteiger partial charge in [0.05, 0.1) is 5.41 Å². The molecule has 1 aliphatic heterocycles. The lowest BCUT2D eigenvalue weighted by atomic mass is 9.72. The van der Waals surface area contributed by atoms with Gasteiger partial charge in [-0.15, -0.1) is 0 Å². The summed E-state index contributed by atoms with van der Waals surface area (Å²) in [5.74, 6) is -0.581. The molecule has 1 unspecified atom stereocenters. The monoisotopic (exact) mass is 376 g/mol. The predicted molar refractivity (Wildman–Crippen MR) is 107 cm³/mol. The van der Waals surface area contributed by atoms with Crippen molar-refractivity contribution in [2.75, 3.05) is 5.32 Å². The van der Waals surface area contributed by atoms with E-state index in [1.54, 1.807) is 0 Å². The summed E-state index contributed by atoms with van der Waals surface area (Å²) < 4.78 is 0. The van der Waals surface area contributed by atoms with Gasteiger partial charge in [-0.3, -0.25) is 19.7 Å². The summed E-state index contributed by atoms with van der Waals surface area (Å²) in [5, 5.41) is 5.40. The van der Waals surface area contributed by atoms with Crippen LogP contribution in [0.5, 0.6) is 0 Å². The van der Waals surface area contributed by atoms with Crippen LogP contribution in [0.25, 0.3) is 0 Å². The number of aryl methyl sites for hydroxylation is 2. The van der Waals surface area contributed by atoms with Gasteiger partial charge in [0.1, 0.15) is 0 Å². The fourth-order valence-corrected chi connectivity index (χ4v) is 4.36. The minimum Gasteiger partial charge on any atom is -0.322 e. The number of piperidine rings is 1. The lowest BCUT2D eigenvalue weighted by Gasteiger charge is -2.35. The molecule has 0 saturated carbocycles. The third-order valence-electron chi connectivity index (χ3n) is 6.13. The van der Waals surface area contributed by atoms with Crippen molar-refractivity contribution >= 4 is 23.4 Å². The summed E-state index contributed by atoms with van der Waals surface area (Å²) in [4.78, 5) is 36.6. The minimum atomic E-state index is -0.684. The van der Waals surface area contributed by atoms with Crippen molar-refractivity contribution in [3.8, 4) is 0 Å². The Kier molecular flexibility index (Phi) is 4.75. The number of carbonyl (C=O) groups excluding carboxylic acids is 3. The van der Waals surface area contributed by atoms with Crippen molar-refractivity contribution in [3.63, 3.8) is 0 Å². The third-order valence-corrected chi connectivity index (χ3v) is 6.13. The molecular formula is C23H24N2O3. The maximum absolute atomic E-state index is 12.6. The Morgan fingerprint density at radius 2 is 1.79 bits per heavy atom. The molecule has 0 aromatic heterocycles. The van der Waals surface area contributed by atoms with Gasteiger partial charge in [0.2, 0.25) is 11.8 Å².